The van der Waals surface area contributed by atoms with Gasteiger partial charge in [-0.15, -0.1) is 11.3 Å². The number of alkyl halides is 3. The highest BCUT2D eigenvalue weighted by Gasteiger charge is 2.65. The molecule has 1 saturated carbocycles. The Bertz CT molecular complexity index is 618. The zero-order valence-electron chi connectivity index (χ0n) is 13.8. The highest BCUT2D eigenvalue weighted by molar-refractivity contribution is 7.09. The molecule has 24 heavy (non-hydrogen) atoms. The van der Waals surface area contributed by atoms with E-state index in [-0.39, 0.29) is 25.6 Å². The Morgan fingerprint density at radius 3 is 2.88 bits per heavy atom. The van der Waals surface area contributed by atoms with E-state index in [1.807, 2.05) is 19.2 Å². The van der Waals surface area contributed by atoms with E-state index in [2.05, 4.69) is 10.3 Å². The van der Waals surface area contributed by atoms with Crippen LogP contribution in [0.3, 0.4) is 0 Å². The highest BCUT2D eigenvalue weighted by Crippen LogP contribution is 2.57. The van der Waals surface area contributed by atoms with E-state index >= 15 is 0 Å². The Hall–Kier alpha value is -1.31. The van der Waals surface area contributed by atoms with Crippen LogP contribution in [0.25, 0.3) is 0 Å². The van der Waals surface area contributed by atoms with Gasteiger partial charge in [0.05, 0.1) is 11.5 Å². The average Bonchev–Trinajstić information content (AvgIpc) is 3.16. The van der Waals surface area contributed by atoms with E-state index in [4.69, 9.17) is 0 Å². The first kappa shape index (κ1) is 17.5. The van der Waals surface area contributed by atoms with E-state index in [1.165, 1.54) is 16.2 Å². The maximum Gasteiger partial charge on any atom is 0.396 e. The van der Waals surface area contributed by atoms with Gasteiger partial charge >= 0.3 is 12.2 Å². The Morgan fingerprint density at radius 2 is 2.33 bits per heavy atom. The lowest BCUT2D eigenvalue weighted by molar-refractivity contribution is -0.226. The third-order valence-corrected chi connectivity index (χ3v) is 6.44. The lowest BCUT2D eigenvalue weighted by atomic mass is 9.80. The number of nitrogens with one attached hydrogen (secondary N) is 1. The number of amides is 2. The lowest BCUT2D eigenvalue weighted by Gasteiger charge is -2.31. The number of hydrogen-bond acceptors (Lipinski definition) is 3. The van der Waals surface area contributed by atoms with Crippen LogP contribution in [-0.2, 0) is 0 Å². The molecule has 1 unspecified atom stereocenters. The van der Waals surface area contributed by atoms with Crippen molar-refractivity contribution in [2.45, 2.75) is 51.7 Å². The van der Waals surface area contributed by atoms with E-state index in [1.54, 1.807) is 0 Å². The minimum atomic E-state index is -4.25. The summed E-state index contributed by atoms with van der Waals surface area (Å²) in [7, 11) is 0. The second-order valence-corrected chi connectivity index (χ2v) is 7.75. The van der Waals surface area contributed by atoms with Gasteiger partial charge in [-0.3, -0.25) is 0 Å². The predicted octanol–water partition coefficient (Wildman–Crippen LogP) is 4.28. The van der Waals surface area contributed by atoms with Crippen molar-refractivity contribution < 1.29 is 18.0 Å². The number of aromatic nitrogens is 1. The summed E-state index contributed by atoms with van der Waals surface area (Å²) in [4.78, 5) is 18.2. The summed E-state index contributed by atoms with van der Waals surface area (Å²) in [6, 6.07) is -0.661. The van der Waals surface area contributed by atoms with Gasteiger partial charge in [-0.2, -0.15) is 13.2 Å². The van der Waals surface area contributed by atoms with Crippen molar-refractivity contribution in [2.24, 2.45) is 11.3 Å². The number of nitrogens with zero attached hydrogens (tertiary/aromatic N) is 2. The summed E-state index contributed by atoms with van der Waals surface area (Å²) < 4.78 is 40.7. The molecule has 1 aliphatic heterocycles. The molecule has 2 fully saturated rings. The van der Waals surface area contributed by atoms with Crippen LogP contribution in [0.2, 0.25) is 0 Å². The molecule has 1 aliphatic carbocycles. The summed E-state index contributed by atoms with van der Waals surface area (Å²) in [5.41, 5.74) is -0.821. The molecule has 1 aromatic rings. The van der Waals surface area contributed by atoms with Crippen molar-refractivity contribution >= 4 is 17.4 Å². The van der Waals surface area contributed by atoms with Gasteiger partial charge in [-0.05, 0) is 32.1 Å². The van der Waals surface area contributed by atoms with Crippen LogP contribution in [0.4, 0.5) is 18.0 Å². The van der Waals surface area contributed by atoms with E-state index in [0.717, 1.165) is 10.7 Å². The number of fused-ring (bicyclic) bond motifs is 1. The number of carbonyl (C=O) groups is 1. The van der Waals surface area contributed by atoms with Crippen LogP contribution in [0.1, 0.15) is 49.4 Å². The molecule has 2 heterocycles. The molecule has 4 nitrogen and oxygen atoms in total. The molecule has 2 aliphatic rings. The van der Waals surface area contributed by atoms with E-state index in [9.17, 15) is 18.0 Å². The van der Waals surface area contributed by atoms with Gasteiger partial charge in [-0.1, -0.05) is 13.3 Å². The Kier molecular flexibility index (Phi) is 4.53. The normalized spacial score (nSPS) is 28.0. The fourth-order valence-electron chi connectivity index (χ4n) is 4.02. The van der Waals surface area contributed by atoms with Crippen molar-refractivity contribution in [3.05, 3.63) is 16.1 Å². The van der Waals surface area contributed by atoms with Gasteiger partial charge in [0.25, 0.3) is 0 Å². The lowest BCUT2D eigenvalue weighted by Crippen LogP contribution is -2.45. The van der Waals surface area contributed by atoms with Crippen molar-refractivity contribution in [2.75, 3.05) is 13.1 Å². The molecule has 2 amide bonds. The summed E-state index contributed by atoms with van der Waals surface area (Å²) in [5.74, 6) is -0.467. The quantitative estimate of drug-likeness (QED) is 0.873. The SMILES string of the molecule is CCC(NC(=O)N1C[C@@H]2CCC[C@]2(C(F)(F)F)C1)c1nc(C)cs1. The molecule has 134 valence electrons. The zero-order chi connectivity index (χ0) is 17.5. The molecule has 1 aromatic heterocycles. The van der Waals surface area contributed by atoms with Crippen LogP contribution in [0, 0.1) is 18.3 Å². The van der Waals surface area contributed by atoms with Crippen LogP contribution in [0.5, 0.6) is 0 Å². The first-order chi connectivity index (χ1) is 11.3. The van der Waals surface area contributed by atoms with Gasteiger partial charge < -0.3 is 10.2 Å². The number of carbonyl (C=O) groups excluding carboxylic acids is 1. The first-order valence-electron chi connectivity index (χ1n) is 8.31. The number of aryl methyl sites for hydroxylation is 1. The van der Waals surface area contributed by atoms with Crippen LogP contribution in [-0.4, -0.2) is 35.2 Å². The smallest absolute Gasteiger partial charge is 0.329 e. The number of urea groups is 1. The number of likely N-dealkylation sites (tertiary alicyclic amines) is 1. The highest BCUT2D eigenvalue weighted by atomic mass is 32.1. The monoisotopic (exact) mass is 361 g/mol. The zero-order valence-corrected chi connectivity index (χ0v) is 14.6. The largest absolute Gasteiger partial charge is 0.396 e. The molecule has 8 heteroatoms. The van der Waals surface area contributed by atoms with E-state index in [0.29, 0.717) is 19.3 Å². The number of thiazole rings is 1. The van der Waals surface area contributed by atoms with Gasteiger partial charge in [0.15, 0.2) is 0 Å². The molecule has 0 spiro atoms. The van der Waals surface area contributed by atoms with Crippen LogP contribution in [0.15, 0.2) is 5.38 Å². The maximum absolute atomic E-state index is 13.6. The topological polar surface area (TPSA) is 45.2 Å². The third-order valence-electron chi connectivity index (χ3n) is 5.36. The minimum absolute atomic E-state index is 0.133. The number of halogens is 3. The first-order valence-corrected chi connectivity index (χ1v) is 9.19. The summed E-state index contributed by atoms with van der Waals surface area (Å²) in [5, 5.41) is 5.57. The van der Waals surface area contributed by atoms with Crippen molar-refractivity contribution in [1.29, 1.82) is 0 Å². The summed E-state index contributed by atoms with van der Waals surface area (Å²) in [6.45, 7) is 3.78. The van der Waals surface area contributed by atoms with Crippen molar-refractivity contribution in [3.8, 4) is 0 Å². The predicted molar refractivity (Wildman–Crippen MR) is 85.8 cm³/mol. The molecule has 3 rings (SSSR count). The average molecular weight is 361 g/mol. The Labute approximate surface area is 143 Å². The molecular weight excluding hydrogens is 339 g/mol. The second-order valence-electron chi connectivity index (χ2n) is 6.86. The minimum Gasteiger partial charge on any atom is -0.329 e. The Morgan fingerprint density at radius 1 is 1.58 bits per heavy atom. The van der Waals surface area contributed by atoms with Gasteiger partial charge in [-0.25, -0.2) is 9.78 Å². The summed E-state index contributed by atoms with van der Waals surface area (Å²) in [6.07, 6.45) is -2.32. The standard InChI is InChI=1S/C16H22F3N3OS/c1-3-12(13-20-10(2)8-24-13)21-14(23)22-7-11-5-4-6-15(11,9-22)16(17,18)19/h8,11-12H,3-7,9H2,1-2H3,(H,21,23)/t11-,12?,15-/m0/s1. The second kappa shape index (κ2) is 6.20. The molecule has 0 bridgehead atoms. The molecule has 0 radical (unpaired) electrons. The van der Waals surface area contributed by atoms with E-state index < -0.39 is 23.5 Å². The third kappa shape index (κ3) is 2.89. The number of rotatable bonds is 3. The number of hydrogen-bond donors (Lipinski definition) is 1. The molecule has 1 N–H and O–H groups in total. The molecular formula is C16H22F3N3OS. The van der Waals surface area contributed by atoms with Crippen molar-refractivity contribution in [1.82, 2.24) is 15.2 Å². The van der Waals surface area contributed by atoms with Crippen LogP contribution < -0.4 is 5.32 Å². The van der Waals surface area contributed by atoms with Gasteiger partial charge in [0.2, 0.25) is 0 Å². The fraction of sp³-hybridized carbons (Fsp3) is 0.750. The van der Waals surface area contributed by atoms with Crippen LogP contribution >= 0.6 is 11.3 Å². The Balaban J connectivity index is 1.70. The van der Waals surface area contributed by atoms with Gasteiger partial charge in [0.1, 0.15) is 5.01 Å². The maximum atomic E-state index is 13.6. The van der Waals surface area contributed by atoms with Crippen molar-refractivity contribution in [3.63, 3.8) is 0 Å². The molecule has 0 aromatic carbocycles. The molecule has 3 atom stereocenters. The van der Waals surface area contributed by atoms with Gasteiger partial charge in [0, 0.05) is 24.2 Å². The summed E-state index contributed by atoms with van der Waals surface area (Å²) >= 11 is 1.46. The fourth-order valence-corrected chi connectivity index (χ4v) is 4.95. The molecule has 1 saturated heterocycles.